The summed E-state index contributed by atoms with van der Waals surface area (Å²) in [4.78, 5) is 11.2. The molecule has 0 aliphatic heterocycles. The molecular weight excluding hydrogens is 212 g/mol. The van der Waals surface area contributed by atoms with Gasteiger partial charge in [-0.1, -0.05) is 19.8 Å². The van der Waals surface area contributed by atoms with E-state index in [9.17, 15) is 4.79 Å². The average Bonchev–Trinajstić information content (AvgIpc) is 2.84. The van der Waals surface area contributed by atoms with Crippen LogP contribution in [0.3, 0.4) is 0 Å². The van der Waals surface area contributed by atoms with Crippen molar-refractivity contribution in [2.24, 2.45) is 0 Å². The van der Waals surface area contributed by atoms with Crippen LogP contribution in [0.15, 0.2) is 24.3 Å². The molecule has 1 fully saturated rings. The van der Waals surface area contributed by atoms with Gasteiger partial charge in [-0.3, -0.25) is 4.79 Å². The first-order chi connectivity index (χ1) is 8.28. The molecular formula is C14H20N2O. The Morgan fingerprint density at radius 3 is 2.35 bits per heavy atom. The molecule has 0 saturated heterocycles. The van der Waals surface area contributed by atoms with Crippen LogP contribution in [-0.2, 0) is 4.79 Å². The smallest absolute Gasteiger partial charge is 0.224 e. The molecule has 1 aromatic carbocycles. The predicted molar refractivity (Wildman–Crippen MR) is 71.2 cm³/mol. The minimum absolute atomic E-state index is 0.0569. The molecule has 1 aromatic rings. The molecule has 0 atom stereocenters. The van der Waals surface area contributed by atoms with Gasteiger partial charge < -0.3 is 10.6 Å². The summed E-state index contributed by atoms with van der Waals surface area (Å²) in [6.07, 6.45) is 5.73. The van der Waals surface area contributed by atoms with Crippen molar-refractivity contribution >= 4 is 17.3 Å². The van der Waals surface area contributed by atoms with Crippen LogP contribution in [0.4, 0.5) is 11.4 Å². The zero-order chi connectivity index (χ0) is 12.1. The Labute approximate surface area is 103 Å². The summed E-state index contributed by atoms with van der Waals surface area (Å²) < 4.78 is 0. The Bertz CT molecular complexity index is 366. The van der Waals surface area contributed by atoms with Crippen LogP contribution in [0.2, 0.25) is 0 Å². The molecule has 2 N–H and O–H groups in total. The van der Waals surface area contributed by atoms with E-state index in [0.29, 0.717) is 12.5 Å². The second kappa shape index (κ2) is 5.71. The minimum Gasteiger partial charge on any atom is -0.382 e. The number of benzene rings is 1. The lowest BCUT2D eigenvalue weighted by atomic mass is 10.2. The normalized spacial score (nSPS) is 15.8. The molecule has 2 rings (SSSR count). The molecule has 0 heterocycles. The summed E-state index contributed by atoms with van der Waals surface area (Å²) in [5.74, 6) is 0.0569. The number of anilines is 2. The van der Waals surface area contributed by atoms with E-state index >= 15 is 0 Å². The van der Waals surface area contributed by atoms with Crippen LogP contribution in [0.25, 0.3) is 0 Å². The van der Waals surface area contributed by atoms with Crippen molar-refractivity contribution in [1.82, 2.24) is 0 Å². The minimum atomic E-state index is 0.0569. The molecule has 1 saturated carbocycles. The lowest BCUT2D eigenvalue weighted by Gasteiger charge is -2.13. The fraction of sp³-hybridized carbons (Fsp3) is 0.500. The Hall–Kier alpha value is -1.51. The van der Waals surface area contributed by atoms with Crippen molar-refractivity contribution in [3.63, 3.8) is 0 Å². The molecule has 1 aliphatic rings. The maximum Gasteiger partial charge on any atom is 0.224 e. The molecule has 1 aliphatic carbocycles. The second-order valence-electron chi connectivity index (χ2n) is 4.60. The van der Waals surface area contributed by atoms with Crippen molar-refractivity contribution in [3.8, 4) is 0 Å². The number of amides is 1. The van der Waals surface area contributed by atoms with Gasteiger partial charge in [0.05, 0.1) is 0 Å². The highest BCUT2D eigenvalue weighted by atomic mass is 16.1. The summed E-state index contributed by atoms with van der Waals surface area (Å²) >= 11 is 0. The van der Waals surface area contributed by atoms with Gasteiger partial charge in [-0.05, 0) is 37.1 Å². The largest absolute Gasteiger partial charge is 0.382 e. The van der Waals surface area contributed by atoms with Gasteiger partial charge in [0.15, 0.2) is 0 Å². The van der Waals surface area contributed by atoms with Gasteiger partial charge in [0.1, 0.15) is 0 Å². The number of carbonyl (C=O) groups is 1. The summed E-state index contributed by atoms with van der Waals surface area (Å²) in [6.45, 7) is 1.85. The highest BCUT2D eigenvalue weighted by Crippen LogP contribution is 2.23. The summed E-state index contributed by atoms with van der Waals surface area (Å²) in [5.41, 5.74) is 2.01. The highest BCUT2D eigenvalue weighted by Gasteiger charge is 2.14. The van der Waals surface area contributed by atoms with E-state index in [1.165, 1.54) is 25.7 Å². The monoisotopic (exact) mass is 232 g/mol. The number of nitrogens with one attached hydrogen (secondary N) is 2. The molecule has 0 unspecified atom stereocenters. The molecule has 92 valence electrons. The number of carbonyl (C=O) groups excluding carboxylic acids is 1. The fourth-order valence-corrected chi connectivity index (χ4v) is 2.21. The molecule has 17 heavy (non-hydrogen) atoms. The van der Waals surface area contributed by atoms with Crippen LogP contribution < -0.4 is 10.6 Å². The quantitative estimate of drug-likeness (QED) is 0.835. The predicted octanol–water partition coefficient (Wildman–Crippen LogP) is 3.39. The summed E-state index contributed by atoms with van der Waals surface area (Å²) in [7, 11) is 0. The third kappa shape index (κ3) is 3.48. The van der Waals surface area contributed by atoms with Crippen molar-refractivity contribution < 1.29 is 4.79 Å². The third-order valence-corrected chi connectivity index (χ3v) is 3.22. The number of hydrogen-bond acceptors (Lipinski definition) is 2. The zero-order valence-corrected chi connectivity index (χ0v) is 10.3. The molecule has 3 nitrogen and oxygen atoms in total. The van der Waals surface area contributed by atoms with Gasteiger partial charge in [-0.2, -0.15) is 0 Å². The SMILES string of the molecule is CCC(=O)Nc1ccc(NC2CCCC2)cc1. The first-order valence-corrected chi connectivity index (χ1v) is 6.44. The van der Waals surface area contributed by atoms with E-state index < -0.39 is 0 Å². The number of rotatable bonds is 4. The Kier molecular flexibility index (Phi) is 4.02. The van der Waals surface area contributed by atoms with Crippen LogP contribution in [0.1, 0.15) is 39.0 Å². The van der Waals surface area contributed by atoms with E-state index in [0.717, 1.165) is 11.4 Å². The Morgan fingerprint density at radius 1 is 1.18 bits per heavy atom. The molecule has 1 amide bonds. The Morgan fingerprint density at radius 2 is 1.76 bits per heavy atom. The van der Waals surface area contributed by atoms with Crippen molar-refractivity contribution in [2.75, 3.05) is 10.6 Å². The third-order valence-electron chi connectivity index (χ3n) is 3.22. The van der Waals surface area contributed by atoms with Crippen LogP contribution >= 0.6 is 0 Å². The van der Waals surface area contributed by atoms with Crippen LogP contribution in [0, 0.1) is 0 Å². The highest BCUT2D eigenvalue weighted by molar-refractivity contribution is 5.90. The van der Waals surface area contributed by atoms with Crippen molar-refractivity contribution in [2.45, 2.75) is 45.1 Å². The van der Waals surface area contributed by atoms with Gasteiger partial charge in [-0.15, -0.1) is 0 Å². The first-order valence-electron chi connectivity index (χ1n) is 6.44. The standard InChI is InChI=1S/C14H20N2O/c1-2-14(17)16-13-9-7-12(8-10-13)15-11-5-3-4-6-11/h7-11,15H,2-6H2,1H3,(H,16,17). The van der Waals surface area contributed by atoms with Crippen molar-refractivity contribution in [1.29, 1.82) is 0 Å². The zero-order valence-electron chi connectivity index (χ0n) is 10.3. The van der Waals surface area contributed by atoms with Crippen molar-refractivity contribution in [3.05, 3.63) is 24.3 Å². The maximum atomic E-state index is 11.2. The van der Waals surface area contributed by atoms with Gasteiger partial charge >= 0.3 is 0 Å². The molecule has 0 spiro atoms. The van der Waals surface area contributed by atoms with Gasteiger partial charge in [0.2, 0.25) is 5.91 Å². The van der Waals surface area contributed by atoms with E-state index in [-0.39, 0.29) is 5.91 Å². The summed E-state index contributed by atoms with van der Waals surface area (Å²) in [6, 6.07) is 8.59. The van der Waals surface area contributed by atoms with Crippen LogP contribution in [0.5, 0.6) is 0 Å². The van der Waals surface area contributed by atoms with E-state index in [4.69, 9.17) is 0 Å². The van der Waals surface area contributed by atoms with Gasteiger partial charge in [-0.25, -0.2) is 0 Å². The maximum absolute atomic E-state index is 11.2. The van der Waals surface area contributed by atoms with Gasteiger partial charge in [0, 0.05) is 23.8 Å². The second-order valence-corrected chi connectivity index (χ2v) is 4.60. The first kappa shape index (κ1) is 12.0. The molecule has 0 bridgehead atoms. The summed E-state index contributed by atoms with van der Waals surface area (Å²) in [5, 5.41) is 6.37. The lowest BCUT2D eigenvalue weighted by Crippen LogP contribution is -2.14. The van der Waals surface area contributed by atoms with E-state index in [1.54, 1.807) is 0 Å². The topological polar surface area (TPSA) is 41.1 Å². The molecule has 0 radical (unpaired) electrons. The van der Waals surface area contributed by atoms with Crippen LogP contribution in [-0.4, -0.2) is 11.9 Å². The molecule has 0 aromatic heterocycles. The molecule has 3 heteroatoms. The van der Waals surface area contributed by atoms with E-state index in [2.05, 4.69) is 10.6 Å². The fourth-order valence-electron chi connectivity index (χ4n) is 2.21. The van der Waals surface area contributed by atoms with E-state index in [1.807, 2.05) is 31.2 Å². The lowest BCUT2D eigenvalue weighted by molar-refractivity contribution is -0.115. The average molecular weight is 232 g/mol. The number of hydrogen-bond donors (Lipinski definition) is 2. The van der Waals surface area contributed by atoms with Gasteiger partial charge in [0.25, 0.3) is 0 Å². The Balaban J connectivity index is 1.90.